The van der Waals surface area contributed by atoms with Crippen LogP contribution in [-0.4, -0.2) is 34.5 Å². The van der Waals surface area contributed by atoms with Crippen LogP contribution in [0.5, 0.6) is 0 Å². The van der Waals surface area contributed by atoms with E-state index in [1.54, 1.807) is 29.3 Å². The van der Waals surface area contributed by atoms with Crippen LogP contribution in [0, 0.1) is 0 Å². The molecule has 0 radical (unpaired) electrons. The molecule has 0 aliphatic carbocycles. The molecule has 0 aliphatic rings. The van der Waals surface area contributed by atoms with Crippen LogP contribution in [0.2, 0.25) is 0 Å². The molecule has 0 spiro atoms. The van der Waals surface area contributed by atoms with Crippen LogP contribution >= 0.6 is 0 Å². The van der Waals surface area contributed by atoms with Crippen LogP contribution in [0.25, 0.3) is 17.5 Å². The molecule has 0 amide bonds. The quantitative estimate of drug-likeness (QED) is 0.733. The second-order valence-electron chi connectivity index (χ2n) is 3.80. The first kappa shape index (κ1) is 11.3. The molecule has 96 valence electrons. The highest BCUT2D eigenvalue weighted by molar-refractivity contribution is 5.51. The predicted octanol–water partition coefficient (Wildman–Crippen LogP) is 0.523. The van der Waals surface area contributed by atoms with Crippen LogP contribution in [0.4, 0.5) is 5.95 Å². The normalized spacial score (nSPS) is 10.8. The monoisotopic (exact) mass is 256 g/mol. The summed E-state index contributed by atoms with van der Waals surface area (Å²) in [5.41, 5.74) is 6.53. The maximum Gasteiger partial charge on any atom is 0.255 e. The van der Waals surface area contributed by atoms with E-state index in [1.165, 1.54) is 4.68 Å². The number of nitrogens with zero attached hydrogens (tertiary/aromatic N) is 7. The zero-order chi connectivity index (χ0) is 13.2. The second-order valence-corrected chi connectivity index (χ2v) is 3.80. The second kappa shape index (κ2) is 4.48. The van der Waals surface area contributed by atoms with Crippen molar-refractivity contribution in [3.8, 4) is 17.5 Å². The van der Waals surface area contributed by atoms with Gasteiger partial charge >= 0.3 is 0 Å². The Bertz CT molecular complexity index is 685. The number of nitrogens with two attached hydrogens (primary N) is 1. The fourth-order valence-electron chi connectivity index (χ4n) is 1.76. The molecule has 0 saturated heterocycles. The number of hydrogen-bond acceptors (Lipinski definition) is 6. The highest BCUT2D eigenvalue weighted by Crippen LogP contribution is 2.16. The van der Waals surface area contributed by atoms with Gasteiger partial charge in [-0.3, -0.25) is 4.68 Å². The van der Waals surface area contributed by atoms with E-state index in [9.17, 15) is 0 Å². The Morgan fingerprint density at radius 1 is 1.16 bits per heavy atom. The molecule has 0 fully saturated rings. The molecule has 3 aromatic rings. The Hall–Kier alpha value is -2.77. The molecule has 8 nitrogen and oxygen atoms in total. The van der Waals surface area contributed by atoms with E-state index < -0.39 is 0 Å². The number of aryl methyl sites for hydroxylation is 1. The zero-order valence-corrected chi connectivity index (χ0v) is 10.3. The van der Waals surface area contributed by atoms with Gasteiger partial charge in [-0.05, 0) is 19.1 Å². The van der Waals surface area contributed by atoms with E-state index in [-0.39, 0.29) is 5.95 Å². The van der Waals surface area contributed by atoms with Crippen molar-refractivity contribution in [1.29, 1.82) is 0 Å². The van der Waals surface area contributed by atoms with Crippen LogP contribution in [0.1, 0.15) is 6.92 Å². The molecule has 0 aliphatic heterocycles. The minimum atomic E-state index is 0.152. The van der Waals surface area contributed by atoms with Crippen LogP contribution in [-0.2, 0) is 6.54 Å². The van der Waals surface area contributed by atoms with Gasteiger partial charge in [0.15, 0.2) is 5.82 Å². The van der Waals surface area contributed by atoms with Crippen molar-refractivity contribution in [2.45, 2.75) is 13.5 Å². The van der Waals surface area contributed by atoms with Crippen LogP contribution < -0.4 is 5.73 Å². The van der Waals surface area contributed by atoms with E-state index in [1.807, 2.05) is 13.0 Å². The standard InChI is InChI=1S/C11H12N8/c1-2-18-8(4-6-14-18)9-15-10(12)17-11(16-9)19-7-3-5-13-19/h3-7H,2H2,1H3,(H2,12,15,16,17). The number of anilines is 1. The number of nitrogen functional groups attached to an aromatic ring is 1. The Balaban J connectivity index is 2.13. The Morgan fingerprint density at radius 2 is 2.05 bits per heavy atom. The minimum Gasteiger partial charge on any atom is -0.368 e. The van der Waals surface area contributed by atoms with E-state index in [2.05, 4.69) is 25.1 Å². The fraction of sp³-hybridized carbons (Fsp3) is 0.182. The summed E-state index contributed by atoms with van der Waals surface area (Å²) in [6.07, 6.45) is 5.10. The van der Waals surface area contributed by atoms with Gasteiger partial charge in [0.05, 0.1) is 0 Å². The molecule has 19 heavy (non-hydrogen) atoms. The lowest BCUT2D eigenvalue weighted by atomic mass is 10.4. The van der Waals surface area contributed by atoms with E-state index >= 15 is 0 Å². The maximum absolute atomic E-state index is 5.73. The van der Waals surface area contributed by atoms with Crippen molar-refractivity contribution in [3.05, 3.63) is 30.7 Å². The molecule has 0 aromatic carbocycles. The van der Waals surface area contributed by atoms with Gasteiger partial charge < -0.3 is 5.73 Å². The Morgan fingerprint density at radius 3 is 2.79 bits per heavy atom. The Kier molecular flexibility index (Phi) is 2.67. The highest BCUT2D eigenvalue weighted by Gasteiger charge is 2.12. The lowest BCUT2D eigenvalue weighted by Crippen LogP contribution is -2.10. The summed E-state index contributed by atoms with van der Waals surface area (Å²) in [6, 6.07) is 3.63. The van der Waals surface area contributed by atoms with Gasteiger partial charge in [0.1, 0.15) is 5.69 Å². The average molecular weight is 256 g/mol. The number of hydrogen-bond donors (Lipinski definition) is 1. The third-order valence-electron chi connectivity index (χ3n) is 2.60. The first-order valence-electron chi connectivity index (χ1n) is 5.81. The Labute approximate surface area is 108 Å². The summed E-state index contributed by atoms with van der Waals surface area (Å²) in [7, 11) is 0. The molecule has 3 rings (SSSR count). The fourth-order valence-corrected chi connectivity index (χ4v) is 1.76. The largest absolute Gasteiger partial charge is 0.368 e. The summed E-state index contributed by atoms with van der Waals surface area (Å²) < 4.78 is 3.33. The average Bonchev–Trinajstić information content (AvgIpc) is 3.09. The van der Waals surface area contributed by atoms with Gasteiger partial charge in [-0.1, -0.05) is 0 Å². The maximum atomic E-state index is 5.73. The summed E-state index contributed by atoms with van der Waals surface area (Å²) >= 11 is 0. The van der Waals surface area contributed by atoms with E-state index in [4.69, 9.17) is 5.73 Å². The van der Waals surface area contributed by atoms with Crippen molar-refractivity contribution in [3.63, 3.8) is 0 Å². The zero-order valence-electron chi connectivity index (χ0n) is 10.3. The SMILES string of the molecule is CCn1nccc1-c1nc(N)nc(-n2cccn2)n1. The predicted molar refractivity (Wildman–Crippen MR) is 68.3 cm³/mol. The van der Waals surface area contributed by atoms with Gasteiger partial charge in [-0.2, -0.15) is 25.1 Å². The van der Waals surface area contributed by atoms with E-state index in [0.717, 1.165) is 12.2 Å². The van der Waals surface area contributed by atoms with Crippen LogP contribution in [0.15, 0.2) is 30.7 Å². The molecule has 0 saturated carbocycles. The van der Waals surface area contributed by atoms with Crippen LogP contribution in [0.3, 0.4) is 0 Å². The third-order valence-corrected chi connectivity index (χ3v) is 2.60. The van der Waals surface area contributed by atoms with Crippen molar-refractivity contribution < 1.29 is 0 Å². The molecule has 3 heterocycles. The van der Waals surface area contributed by atoms with Gasteiger partial charge in [-0.25, -0.2) is 4.68 Å². The number of rotatable bonds is 3. The van der Waals surface area contributed by atoms with Gasteiger partial charge in [-0.15, -0.1) is 0 Å². The minimum absolute atomic E-state index is 0.152. The molecule has 0 atom stereocenters. The third kappa shape index (κ3) is 2.03. The molecular weight excluding hydrogens is 244 g/mol. The smallest absolute Gasteiger partial charge is 0.255 e. The van der Waals surface area contributed by atoms with Crippen molar-refractivity contribution in [1.82, 2.24) is 34.5 Å². The number of aromatic nitrogens is 7. The molecule has 2 N–H and O–H groups in total. The molecular formula is C11H12N8. The summed E-state index contributed by atoms with van der Waals surface area (Å²) in [5, 5.41) is 8.26. The van der Waals surface area contributed by atoms with Gasteiger partial charge in [0, 0.05) is 25.1 Å². The molecule has 0 unspecified atom stereocenters. The van der Waals surface area contributed by atoms with Gasteiger partial charge in [0.25, 0.3) is 5.95 Å². The summed E-state index contributed by atoms with van der Waals surface area (Å²) in [6.45, 7) is 2.72. The summed E-state index contributed by atoms with van der Waals surface area (Å²) in [5.74, 6) is 1.02. The van der Waals surface area contributed by atoms with Gasteiger partial charge in [0.2, 0.25) is 5.95 Å². The molecule has 0 bridgehead atoms. The topological polar surface area (TPSA) is 100 Å². The lowest BCUT2D eigenvalue weighted by molar-refractivity contribution is 0.662. The summed E-state index contributed by atoms with van der Waals surface area (Å²) in [4.78, 5) is 12.6. The lowest BCUT2D eigenvalue weighted by Gasteiger charge is -2.06. The molecule has 3 aromatic heterocycles. The molecule has 8 heteroatoms. The highest BCUT2D eigenvalue weighted by atomic mass is 15.4. The van der Waals surface area contributed by atoms with Crippen molar-refractivity contribution >= 4 is 5.95 Å². The first-order chi connectivity index (χ1) is 9.28. The van der Waals surface area contributed by atoms with Crippen molar-refractivity contribution in [2.75, 3.05) is 5.73 Å². The van der Waals surface area contributed by atoms with Crippen molar-refractivity contribution in [2.24, 2.45) is 0 Å². The van der Waals surface area contributed by atoms with E-state index in [0.29, 0.717) is 11.8 Å². The first-order valence-corrected chi connectivity index (χ1v) is 5.81.